The zero-order valence-corrected chi connectivity index (χ0v) is 14.1. The second kappa shape index (κ2) is 6.78. The molecule has 1 aromatic heterocycles. The number of ether oxygens (including phenoxy) is 1. The van der Waals surface area contributed by atoms with E-state index in [0.29, 0.717) is 6.61 Å². The summed E-state index contributed by atoms with van der Waals surface area (Å²) in [6.07, 6.45) is 0. The molecule has 122 valence electrons. The summed E-state index contributed by atoms with van der Waals surface area (Å²) in [7, 11) is 0. The van der Waals surface area contributed by atoms with Gasteiger partial charge in [0.05, 0.1) is 5.69 Å². The van der Waals surface area contributed by atoms with Crippen molar-refractivity contribution in [3.8, 4) is 17.0 Å². The predicted molar refractivity (Wildman–Crippen MR) is 103 cm³/mol. The van der Waals surface area contributed by atoms with Crippen molar-refractivity contribution in [2.75, 3.05) is 0 Å². The monoisotopic (exact) mass is 325 g/mol. The van der Waals surface area contributed by atoms with E-state index >= 15 is 0 Å². The van der Waals surface area contributed by atoms with Gasteiger partial charge in [-0.25, -0.2) is 0 Å². The van der Waals surface area contributed by atoms with Crippen molar-refractivity contribution in [2.45, 2.75) is 13.5 Å². The highest BCUT2D eigenvalue weighted by molar-refractivity contribution is 5.88. The van der Waals surface area contributed by atoms with E-state index < -0.39 is 0 Å². The first-order chi connectivity index (χ1) is 12.3. The Kier molecular flexibility index (Phi) is 4.17. The van der Waals surface area contributed by atoms with Crippen LogP contribution in [0.1, 0.15) is 11.3 Å². The summed E-state index contributed by atoms with van der Waals surface area (Å²) >= 11 is 0. The lowest BCUT2D eigenvalue weighted by molar-refractivity contribution is 0.306. The van der Waals surface area contributed by atoms with Crippen LogP contribution in [0.2, 0.25) is 0 Å². The fourth-order valence-electron chi connectivity index (χ4n) is 3.00. The quantitative estimate of drug-likeness (QED) is 0.474. The third kappa shape index (κ3) is 3.38. The fourth-order valence-corrected chi connectivity index (χ4v) is 3.00. The van der Waals surface area contributed by atoms with Crippen molar-refractivity contribution in [3.63, 3.8) is 0 Å². The number of aromatic nitrogens is 1. The number of benzene rings is 3. The van der Waals surface area contributed by atoms with Gasteiger partial charge < -0.3 is 4.74 Å². The van der Waals surface area contributed by atoms with Crippen molar-refractivity contribution in [3.05, 3.63) is 96.2 Å². The number of aryl methyl sites for hydroxylation is 1. The summed E-state index contributed by atoms with van der Waals surface area (Å²) in [5, 5.41) is 2.31. The molecule has 0 radical (unpaired) electrons. The van der Waals surface area contributed by atoms with Gasteiger partial charge in [-0.05, 0) is 42.1 Å². The average Bonchev–Trinajstić information content (AvgIpc) is 2.67. The minimum Gasteiger partial charge on any atom is -0.489 e. The van der Waals surface area contributed by atoms with Gasteiger partial charge in [-0.1, -0.05) is 60.7 Å². The van der Waals surface area contributed by atoms with Gasteiger partial charge in [0, 0.05) is 16.6 Å². The minimum absolute atomic E-state index is 0.571. The number of hydrogen-bond acceptors (Lipinski definition) is 2. The molecular formula is C23H19NO. The van der Waals surface area contributed by atoms with Gasteiger partial charge in [0.2, 0.25) is 0 Å². The maximum absolute atomic E-state index is 5.97. The number of nitrogens with zero attached hydrogens (tertiary/aromatic N) is 1. The van der Waals surface area contributed by atoms with Crippen molar-refractivity contribution in [1.82, 2.24) is 4.98 Å². The second-order valence-corrected chi connectivity index (χ2v) is 6.12. The Morgan fingerprint density at radius 2 is 1.52 bits per heavy atom. The van der Waals surface area contributed by atoms with E-state index in [4.69, 9.17) is 9.72 Å². The average molecular weight is 325 g/mol. The highest BCUT2D eigenvalue weighted by Crippen LogP contribution is 2.28. The summed E-state index contributed by atoms with van der Waals surface area (Å²) in [6, 6.07) is 28.8. The van der Waals surface area contributed by atoms with Crippen LogP contribution in [0.3, 0.4) is 0 Å². The topological polar surface area (TPSA) is 22.1 Å². The molecule has 0 spiro atoms. The van der Waals surface area contributed by atoms with Gasteiger partial charge in [-0.3, -0.25) is 4.98 Å². The molecule has 0 atom stereocenters. The van der Waals surface area contributed by atoms with Crippen LogP contribution in [0.25, 0.3) is 22.0 Å². The molecule has 3 aromatic carbocycles. The third-order valence-electron chi connectivity index (χ3n) is 4.31. The summed E-state index contributed by atoms with van der Waals surface area (Å²) in [5.41, 5.74) is 4.32. The van der Waals surface area contributed by atoms with Gasteiger partial charge in [-0.15, -0.1) is 0 Å². The van der Waals surface area contributed by atoms with E-state index in [1.54, 1.807) is 0 Å². The molecule has 0 bridgehead atoms. The molecule has 0 saturated heterocycles. The molecule has 0 N–H and O–H groups in total. The summed E-state index contributed by atoms with van der Waals surface area (Å²) in [4.78, 5) is 4.75. The maximum Gasteiger partial charge on any atom is 0.120 e. The Balaban J connectivity index is 1.67. The first-order valence-corrected chi connectivity index (χ1v) is 8.43. The van der Waals surface area contributed by atoms with Crippen LogP contribution in [0, 0.1) is 6.92 Å². The van der Waals surface area contributed by atoms with Crippen LogP contribution in [-0.2, 0) is 6.61 Å². The lowest BCUT2D eigenvalue weighted by atomic mass is 10.0. The van der Waals surface area contributed by atoms with Crippen molar-refractivity contribution in [2.24, 2.45) is 0 Å². The van der Waals surface area contributed by atoms with E-state index in [1.807, 2.05) is 42.5 Å². The largest absolute Gasteiger partial charge is 0.489 e. The van der Waals surface area contributed by atoms with Gasteiger partial charge in [0.25, 0.3) is 0 Å². The van der Waals surface area contributed by atoms with E-state index in [-0.39, 0.29) is 0 Å². The third-order valence-corrected chi connectivity index (χ3v) is 4.31. The molecule has 0 amide bonds. The van der Waals surface area contributed by atoms with Crippen molar-refractivity contribution >= 4 is 10.8 Å². The molecule has 25 heavy (non-hydrogen) atoms. The molecule has 4 aromatic rings. The lowest BCUT2D eigenvalue weighted by Gasteiger charge is -2.10. The molecule has 0 aliphatic carbocycles. The van der Waals surface area contributed by atoms with Crippen molar-refractivity contribution in [1.29, 1.82) is 0 Å². The highest BCUT2D eigenvalue weighted by Gasteiger charge is 2.06. The lowest BCUT2D eigenvalue weighted by Crippen LogP contribution is -1.95. The first kappa shape index (κ1) is 15.4. The van der Waals surface area contributed by atoms with Crippen LogP contribution >= 0.6 is 0 Å². The SMILES string of the molecule is Cc1nc(-c2ccccc2)cc2cc(OCc3ccccc3)ccc12. The number of pyridine rings is 1. The van der Waals surface area contributed by atoms with Gasteiger partial charge >= 0.3 is 0 Å². The summed E-state index contributed by atoms with van der Waals surface area (Å²) in [5.74, 6) is 0.876. The molecule has 0 saturated carbocycles. The predicted octanol–water partition coefficient (Wildman–Crippen LogP) is 5.79. The number of hydrogen-bond donors (Lipinski definition) is 0. The Morgan fingerprint density at radius 3 is 2.28 bits per heavy atom. The zero-order chi connectivity index (χ0) is 17.1. The number of fused-ring (bicyclic) bond motifs is 1. The Hall–Kier alpha value is -3.13. The van der Waals surface area contributed by atoms with Gasteiger partial charge in [0.15, 0.2) is 0 Å². The van der Waals surface area contributed by atoms with E-state index in [1.165, 1.54) is 5.56 Å². The van der Waals surface area contributed by atoms with Crippen LogP contribution in [0.15, 0.2) is 84.9 Å². The Labute approximate surface area is 147 Å². The Bertz CT molecular complexity index is 994. The summed E-state index contributed by atoms with van der Waals surface area (Å²) < 4.78 is 5.97. The first-order valence-electron chi connectivity index (χ1n) is 8.43. The molecule has 2 nitrogen and oxygen atoms in total. The normalized spacial score (nSPS) is 10.8. The zero-order valence-electron chi connectivity index (χ0n) is 14.1. The van der Waals surface area contributed by atoms with Crippen LogP contribution in [-0.4, -0.2) is 4.98 Å². The molecule has 4 rings (SSSR count). The molecule has 0 fully saturated rings. The molecule has 0 aliphatic heterocycles. The van der Waals surface area contributed by atoms with Crippen LogP contribution < -0.4 is 4.74 Å². The summed E-state index contributed by atoms with van der Waals surface area (Å²) in [6.45, 7) is 2.63. The van der Waals surface area contributed by atoms with E-state index in [2.05, 4.69) is 49.4 Å². The molecule has 0 unspecified atom stereocenters. The molecule has 2 heteroatoms. The fraction of sp³-hybridized carbons (Fsp3) is 0.0870. The molecular weight excluding hydrogens is 306 g/mol. The second-order valence-electron chi connectivity index (χ2n) is 6.12. The minimum atomic E-state index is 0.571. The van der Waals surface area contributed by atoms with E-state index in [9.17, 15) is 0 Å². The number of rotatable bonds is 4. The van der Waals surface area contributed by atoms with Gasteiger partial charge in [0.1, 0.15) is 12.4 Å². The van der Waals surface area contributed by atoms with Crippen molar-refractivity contribution < 1.29 is 4.74 Å². The molecule has 1 heterocycles. The van der Waals surface area contributed by atoms with Gasteiger partial charge in [-0.2, -0.15) is 0 Å². The molecule has 0 aliphatic rings. The van der Waals surface area contributed by atoms with E-state index in [0.717, 1.165) is 33.5 Å². The standard InChI is InChI=1S/C23H19NO/c1-17-22-13-12-21(25-16-18-8-4-2-5-9-18)14-20(22)15-23(24-17)19-10-6-3-7-11-19/h2-15H,16H2,1H3. The maximum atomic E-state index is 5.97. The van der Waals surface area contributed by atoms with Crippen LogP contribution in [0.4, 0.5) is 0 Å². The Morgan fingerprint density at radius 1 is 0.800 bits per heavy atom. The highest BCUT2D eigenvalue weighted by atomic mass is 16.5. The van der Waals surface area contributed by atoms with Crippen LogP contribution in [0.5, 0.6) is 5.75 Å². The smallest absolute Gasteiger partial charge is 0.120 e.